The van der Waals surface area contributed by atoms with Crippen LogP contribution in [0.15, 0.2) is 0 Å². The number of halogens is 1. The minimum absolute atomic E-state index is 0.521. The standard InChI is InChI=1S/C10H16ClN3/c1-3-9-12-13-10(11)14(9)8-6-4-5-7(8)2/h7-8H,3-6H2,1-2H3. The van der Waals surface area contributed by atoms with Gasteiger partial charge >= 0.3 is 0 Å². The van der Waals surface area contributed by atoms with Crippen molar-refractivity contribution in [2.45, 2.75) is 45.6 Å². The normalized spacial score (nSPS) is 27.1. The first-order chi connectivity index (χ1) is 6.74. The van der Waals surface area contributed by atoms with E-state index in [0.29, 0.717) is 17.2 Å². The molecular weight excluding hydrogens is 198 g/mol. The van der Waals surface area contributed by atoms with Crippen molar-refractivity contribution < 1.29 is 0 Å². The highest BCUT2D eigenvalue weighted by Gasteiger charge is 2.28. The van der Waals surface area contributed by atoms with Crippen LogP contribution in [0.3, 0.4) is 0 Å². The van der Waals surface area contributed by atoms with Crippen LogP contribution in [0.25, 0.3) is 0 Å². The van der Waals surface area contributed by atoms with Gasteiger partial charge in [0.1, 0.15) is 5.82 Å². The number of rotatable bonds is 2. The maximum absolute atomic E-state index is 6.06. The van der Waals surface area contributed by atoms with Gasteiger partial charge in [0.05, 0.1) is 0 Å². The molecule has 14 heavy (non-hydrogen) atoms. The van der Waals surface area contributed by atoms with Crippen molar-refractivity contribution in [1.29, 1.82) is 0 Å². The Balaban J connectivity index is 2.33. The molecule has 4 heteroatoms. The van der Waals surface area contributed by atoms with E-state index in [1.165, 1.54) is 19.3 Å². The zero-order valence-electron chi connectivity index (χ0n) is 8.70. The van der Waals surface area contributed by atoms with Crippen molar-refractivity contribution in [1.82, 2.24) is 14.8 Å². The summed E-state index contributed by atoms with van der Waals surface area (Å²) in [5, 5.41) is 8.60. The summed E-state index contributed by atoms with van der Waals surface area (Å²) >= 11 is 6.06. The van der Waals surface area contributed by atoms with Crippen LogP contribution in [-0.2, 0) is 6.42 Å². The number of hydrogen-bond acceptors (Lipinski definition) is 2. The fourth-order valence-electron chi connectivity index (χ4n) is 2.38. The van der Waals surface area contributed by atoms with Crippen LogP contribution < -0.4 is 0 Å². The van der Waals surface area contributed by atoms with Crippen LogP contribution in [-0.4, -0.2) is 14.8 Å². The van der Waals surface area contributed by atoms with Crippen LogP contribution in [0, 0.1) is 5.92 Å². The van der Waals surface area contributed by atoms with Gasteiger partial charge in [0.25, 0.3) is 0 Å². The van der Waals surface area contributed by atoms with Gasteiger partial charge in [-0.25, -0.2) is 0 Å². The van der Waals surface area contributed by atoms with E-state index in [1.807, 2.05) is 0 Å². The third-order valence-corrected chi connectivity index (χ3v) is 3.45. The summed E-state index contributed by atoms with van der Waals surface area (Å²) in [6, 6.07) is 0.521. The van der Waals surface area contributed by atoms with Crippen LogP contribution in [0.5, 0.6) is 0 Å². The lowest BCUT2D eigenvalue weighted by Crippen LogP contribution is -2.14. The average Bonchev–Trinajstić information content (AvgIpc) is 2.72. The first-order valence-electron chi connectivity index (χ1n) is 5.33. The van der Waals surface area contributed by atoms with E-state index in [0.717, 1.165) is 12.2 Å². The maximum atomic E-state index is 6.06. The molecular formula is C10H16ClN3. The minimum atomic E-state index is 0.521. The first kappa shape index (κ1) is 9.97. The monoisotopic (exact) mass is 213 g/mol. The Kier molecular flexibility index (Phi) is 2.77. The number of aryl methyl sites for hydroxylation is 1. The molecule has 0 saturated heterocycles. The van der Waals surface area contributed by atoms with Crippen LogP contribution in [0.1, 0.15) is 45.0 Å². The molecule has 1 fully saturated rings. The predicted molar refractivity (Wildman–Crippen MR) is 56.5 cm³/mol. The Bertz CT molecular complexity index is 321. The average molecular weight is 214 g/mol. The highest BCUT2D eigenvalue weighted by atomic mass is 35.5. The van der Waals surface area contributed by atoms with Gasteiger partial charge in [-0.15, -0.1) is 10.2 Å². The van der Waals surface area contributed by atoms with Crippen molar-refractivity contribution in [3.8, 4) is 0 Å². The zero-order valence-corrected chi connectivity index (χ0v) is 9.46. The van der Waals surface area contributed by atoms with Gasteiger partial charge in [-0.3, -0.25) is 4.57 Å². The van der Waals surface area contributed by atoms with E-state index in [-0.39, 0.29) is 0 Å². The van der Waals surface area contributed by atoms with Crippen LogP contribution in [0.2, 0.25) is 5.28 Å². The SMILES string of the molecule is CCc1nnc(Cl)n1C1CCCC1C. The molecule has 0 spiro atoms. The third kappa shape index (κ3) is 1.54. The van der Waals surface area contributed by atoms with Gasteiger partial charge in [0.15, 0.2) is 0 Å². The van der Waals surface area contributed by atoms with Gasteiger partial charge in [-0.2, -0.15) is 0 Å². The number of nitrogens with zero attached hydrogens (tertiary/aromatic N) is 3. The smallest absolute Gasteiger partial charge is 0.225 e. The summed E-state index contributed by atoms with van der Waals surface area (Å²) in [7, 11) is 0. The molecule has 1 aromatic heterocycles. The molecule has 0 N–H and O–H groups in total. The highest BCUT2D eigenvalue weighted by molar-refractivity contribution is 6.28. The first-order valence-corrected chi connectivity index (χ1v) is 5.71. The highest BCUT2D eigenvalue weighted by Crippen LogP contribution is 2.37. The van der Waals surface area contributed by atoms with E-state index >= 15 is 0 Å². The van der Waals surface area contributed by atoms with Crippen molar-refractivity contribution in [2.24, 2.45) is 5.92 Å². The largest absolute Gasteiger partial charge is 0.298 e. The Labute approximate surface area is 89.5 Å². The summed E-state index contributed by atoms with van der Waals surface area (Å²) in [4.78, 5) is 0. The molecule has 0 aromatic carbocycles. The number of aromatic nitrogens is 3. The zero-order chi connectivity index (χ0) is 10.1. The van der Waals surface area contributed by atoms with Gasteiger partial charge in [-0.1, -0.05) is 20.3 Å². The summed E-state index contributed by atoms with van der Waals surface area (Å²) in [6.07, 6.45) is 4.71. The van der Waals surface area contributed by atoms with E-state index in [9.17, 15) is 0 Å². The van der Waals surface area contributed by atoms with Crippen molar-refractivity contribution in [3.05, 3.63) is 11.1 Å². The van der Waals surface area contributed by atoms with Gasteiger partial charge in [-0.05, 0) is 30.4 Å². The lowest BCUT2D eigenvalue weighted by molar-refractivity contribution is 0.397. The lowest BCUT2D eigenvalue weighted by atomic mass is 10.1. The van der Waals surface area contributed by atoms with E-state index in [4.69, 9.17) is 11.6 Å². The summed E-state index contributed by atoms with van der Waals surface area (Å²) in [5.41, 5.74) is 0. The second kappa shape index (κ2) is 3.89. The molecule has 0 amide bonds. The summed E-state index contributed by atoms with van der Waals surface area (Å²) in [6.45, 7) is 4.38. The molecule has 1 heterocycles. The fraction of sp³-hybridized carbons (Fsp3) is 0.800. The molecule has 3 nitrogen and oxygen atoms in total. The second-order valence-electron chi connectivity index (χ2n) is 4.08. The topological polar surface area (TPSA) is 30.7 Å². The minimum Gasteiger partial charge on any atom is -0.298 e. The molecule has 78 valence electrons. The molecule has 2 atom stereocenters. The van der Waals surface area contributed by atoms with Crippen molar-refractivity contribution >= 4 is 11.6 Å². The van der Waals surface area contributed by atoms with Gasteiger partial charge in [0, 0.05) is 12.5 Å². The molecule has 0 aliphatic heterocycles. The Morgan fingerprint density at radius 2 is 2.21 bits per heavy atom. The second-order valence-corrected chi connectivity index (χ2v) is 4.42. The Morgan fingerprint density at radius 1 is 1.43 bits per heavy atom. The van der Waals surface area contributed by atoms with E-state index in [2.05, 4.69) is 28.6 Å². The van der Waals surface area contributed by atoms with Crippen LogP contribution >= 0.6 is 11.6 Å². The maximum Gasteiger partial charge on any atom is 0.225 e. The van der Waals surface area contributed by atoms with Gasteiger partial charge in [0.2, 0.25) is 5.28 Å². The molecule has 1 aromatic rings. The van der Waals surface area contributed by atoms with Crippen molar-refractivity contribution in [2.75, 3.05) is 0 Å². The molecule has 0 radical (unpaired) electrons. The molecule has 1 aliphatic rings. The van der Waals surface area contributed by atoms with E-state index < -0.39 is 0 Å². The molecule has 2 rings (SSSR count). The van der Waals surface area contributed by atoms with Crippen LogP contribution in [0.4, 0.5) is 0 Å². The third-order valence-electron chi connectivity index (χ3n) is 3.19. The molecule has 2 unspecified atom stereocenters. The molecule has 0 bridgehead atoms. The lowest BCUT2D eigenvalue weighted by Gasteiger charge is -2.19. The van der Waals surface area contributed by atoms with Crippen molar-refractivity contribution in [3.63, 3.8) is 0 Å². The van der Waals surface area contributed by atoms with E-state index in [1.54, 1.807) is 0 Å². The summed E-state index contributed by atoms with van der Waals surface area (Å²) in [5.74, 6) is 1.72. The molecule has 1 saturated carbocycles. The van der Waals surface area contributed by atoms with Gasteiger partial charge < -0.3 is 0 Å². The summed E-state index contributed by atoms with van der Waals surface area (Å²) < 4.78 is 2.12. The Morgan fingerprint density at radius 3 is 2.79 bits per heavy atom. The number of hydrogen-bond donors (Lipinski definition) is 0. The molecule has 1 aliphatic carbocycles. The quantitative estimate of drug-likeness (QED) is 0.757. The predicted octanol–water partition coefficient (Wildman–Crippen LogP) is 2.86. The fourth-order valence-corrected chi connectivity index (χ4v) is 2.64. The Hall–Kier alpha value is -0.570.